The van der Waals surface area contributed by atoms with Gasteiger partial charge in [0.15, 0.2) is 0 Å². The van der Waals surface area contributed by atoms with Gasteiger partial charge in [-0.15, -0.1) is 11.3 Å². The average Bonchev–Trinajstić information content (AvgIpc) is 3.22. The van der Waals surface area contributed by atoms with E-state index >= 15 is 0 Å². The first-order valence-electron chi connectivity index (χ1n) is 7.77. The first-order chi connectivity index (χ1) is 10.9. The van der Waals surface area contributed by atoms with E-state index in [1.807, 2.05) is 6.07 Å². The molecule has 0 N–H and O–H groups in total. The van der Waals surface area contributed by atoms with Gasteiger partial charge in [0.05, 0.1) is 10.2 Å². The maximum absolute atomic E-state index is 4.63. The van der Waals surface area contributed by atoms with Crippen LogP contribution in [-0.2, 0) is 0 Å². The van der Waals surface area contributed by atoms with Gasteiger partial charge in [-0.25, -0.2) is 4.98 Å². The zero-order chi connectivity index (χ0) is 14.8. The molecule has 22 heavy (non-hydrogen) atoms. The molecule has 1 aliphatic rings. The lowest BCUT2D eigenvalue weighted by atomic mass is 10.2. The van der Waals surface area contributed by atoms with E-state index < -0.39 is 0 Å². The van der Waals surface area contributed by atoms with E-state index in [9.17, 15) is 0 Å². The lowest BCUT2D eigenvalue weighted by Gasteiger charge is -2.17. The number of benzene rings is 2. The Morgan fingerprint density at radius 1 is 0.909 bits per heavy atom. The minimum absolute atomic E-state index is 1.06. The molecule has 2 aromatic carbocycles. The van der Waals surface area contributed by atoms with Crippen molar-refractivity contribution in [2.75, 3.05) is 18.0 Å². The summed E-state index contributed by atoms with van der Waals surface area (Å²) in [5.74, 6) is 0. The number of hydrogen-bond acceptors (Lipinski definition) is 3. The van der Waals surface area contributed by atoms with Crippen molar-refractivity contribution >= 4 is 39.4 Å². The molecule has 0 amide bonds. The van der Waals surface area contributed by atoms with Crippen molar-refractivity contribution in [1.82, 2.24) is 4.98 Å². The number of nitrogens with zero attached hydrogens (tertiary/aromatic N) is 2. The van der Waals surface area contributed by atoms with Crippen LogP contribution in [0.2, 0.25) is 0 Å². The van der Waals surface area contributed by atoms with Crippen LogP contribution in [0.1, 0.15) is 23.4 Å². The van der Waals surface area contributed by atoms with Crippen molar-refractivity contribution in [1.29, 1.82) is 0 Å². The maximum atomic E-state index is 4.63. The van der Waals surface area contributed by atoms with E-state index in [-0.39, 0.29) is 0 Å². The highest BCUT2D eigenvalue weighted by Crippen LogP contribution is 2.24. The first-order valence-corrected chi connectivity index (χ1v) is 8.59. The Balaban J connectivity index is 1.52. The van der Waals surface area contributed by atoms with Gasteiger partial charge in [-0.1, -0.05) is 30.3 Å². The summed E-state index contributed by atoms with van der Waals surface area (Å²) in [4.78, 5) is 7.09. The van der Waals surface area contributed by atoms with Crippen molar-refractivity contribution in [3.8, 4) is 0 Å². The summed E-state index contributed by atoms with van der Waals surface area (Å²) in [5.41, 5.74) is 3.65. The van der Waals surface area contributed by atoms with Gasteiger partial charge >= 0.3 is 0 Å². The highest BCUT2D eigenvalue weighted by atomic mass is 32.1. The molecule has 1 aliphatic heterocycles. The molecule has 3 aromatic rings. The van der Waals surface area contributed by atoms with E-state index in [4.69, 9.17) is 0 Å². The summed E-state index contributed by atoms with van der Waals surface area (Å²) in [6, 6.07) is 17.1. The van der Waals surface area contributed by atoms with Crippen LogP contribution in [0.3, 0.4) is 0 Å². The fourth-order valence-electron chi connectivity index (χ4n) is 2.90. The van der Waals surface area contributed by atoms with Gasteiger partial charge in [0.1, 0.15) is 5.01 Å². The van der Waals surface area contributed by atoms with Gasteiger partial charge < -0.3 is 4.90 Å². The second kappa shape index (κ2) is 5.93. The van der Waals surface area contributed by atoms with Crippen LogP contribution in [0.25, 0.3) is 22.4 Å². The minimum Gasteiger partial charge on any atom is -0.372 e. The van der Waals surface area contributed by atoms with E-state index in [1.54, 1.807) is 11.3 Å². The predicted octanol–water partition coefficient (Wildman–Crippen LogP) is 5.07. The Hall–Kier alpha value is -2.13. The fourth-order valence-corrected chi connectivity index (χ4v) is 3.77. The Morgan fingerprint density at radius 3 is 2.45 bits per heavy atom. The topological polar surface area (TPSA) is 16.1 Å². The van der Waals surface area contributed by atoms with Crippen LogP contribution in [0.15, 0.2) is 48.5 Å². The highest BCUT2D eigenvalue weighted by molar-refractivity contribution is 7.19. The molecule has 0 unspecified atom stereocenters. The van der Waals surface area contributed by atoms with Crippen LogP contribution in [-0.4, -0.2) is 18.1 Å². The standard InChI is InChI=1S/C19H18N2S/c1-2-6-18-17(5-1)20-19(22-18)12-9-15-7-10-16(11-8-15)21-13-3-4-14-21/h1-2,5-12H,3-4,13-14H2/b12-9+. The van der Waals surface area contributed by atoms with Crippen LogP contribution >= 0.6 is 11.3 Å². The molecule has 0 atom stereocenters. The molecule has 1 aromatic heterocycles. The number of aromatic nitrogens is 1. The zero-order valence-electron chi connectivity index (χ0n) is 12.4. The summed E-state index contributed by atoms with van der Waals surface area (Å²) in [6.45, 7) is 2.39. The molecular weight excluding hydrogens is 288 g/mol. The number of anilines is 1. The Kier molecular flexibility index (Phi) is 3.65. The van der Waals surface area contributed by atoms with Crippen molar-refractivity contribution in [2.45, 2.75) is 12.8 Å². The van der Waals surface area contributed by atoms with Gasteiger partial charge in [0, 0.05) is 18.8 Å². The molecule has 0 radical (unpaired) electrons. The smallest absolute Gasteiger partial charge is 0.117 e. The van der Waals surface area contributed by atoms with Gasteiger partial charge in [-0.05, 0) is 48.7 Å². The molecule has 0 bridgehead atoms. The SMILES string of the molecule is C(=C\c1nc2ccccc2s1)/c1ccc(N2CCCC2)cc1. The van der Waals surface area contributed by atoms with Crippen molar-refractivity contribution < 1.29 is 0 Å². The first kappa shape index (κ1) is 13.5. The quantitative estimate of drug-likeness (QED) is 0.672. The largest absolute Gasteiger partial charge is 0.372 e. The third-order valence-electron chi connectivity index (χ3n) is 4.09. The van der Waals surface area contributed by atoms with Crippen molar-refractivity contribution in [3.63, 3.8) is 0 Å². The van der Waals surface area contributed by atoms with E-state index in [2.05, 4.69) is 64.5 Å². The molecule has 1 fully saturated rings. The lowest BCUT2D eigenvalue weighted by Crippen LogP contribution is -2.17. The monoisotopic (exact) mass is 306 g/mol. The van der Waals surface area contributed by atoms with Gasteiger partial charge in [0.2, 0.25) is 0 Å². The van der Waals surface area contributed by atoms with E-state index in [0.717, 1.165) is 10.5 Å². The summed E-state index contributed by atoms with van der Waals surface area (Å²) in [7, 11) is 0. The summed E-state index contributed by atoms with van der Waals surface area (Å²) in [6.07, 6.45) is 6.89. The second-order valence-corrected chi connectivity index (χ2v) is 6.70. The predicted molar refractivity (Wildman–Crippen MR) is 96.4 cm³/mol. The van der Waals surface area contributed by atoms with Gasteiger partial charge in [-0.3, -0.25) is 0 Å². The second-order valence-electron chi connectivity index (χ2n) is 5.64. The van der Waals surface area contributed by atoms with Crippen LogP contribution in [0, 0.1) is 0 Å². The summed E-state index contributed by atoms with van der Waals surface area (Å²) in [5, 5.41) is 1.06. The van der Waals surface area contributed by atoms with Crippen LogP contribution in [0.5, 0.6) is 0 Å². The maximum Gasteiger partial charge on any atom is 0.117 e. The number of fused-ring (bicyclic) bond motifs is 1. The third kappa shape index (κ3) is 2.77. The van der Waals surface area contributed by atoms with Crippen molar-refractivity contribution in [2.24, 2.45) is 0 Å². The molecular formula is C19H18N2S. The Morgan fingerprint density at radius 2 is 1.68 bits per heavy atom. The lowest BCUT2D eigenvalue weighted by molar-refractivity contribution is 0.949. The highest BCUT2D eigenvalue weighted by Gasteiger charge is 2.11. The molecule has 3 heteroatoms. The van der Waals surface area contributed by atoms with Gasteiger partial charge in [0.25, 0.3) is 0 Å². The Labute approximate surface area is 134 Å². The Bertz CT molecular complexity index is 763. The van der Waals surface area contributed by atoms with Gasteiger partial charge in [-0.2, -0.15) is 0 Å². The normalized spacial score (nSPS) is 15.2. The number of para-hydroxylation sites is 1. The fraction of sp³-hybridized carbons (Fsp3) is 0.211. The number of hydrogen-bond donors (Lipinski definition) is 0. The average molecular weight is 306 g/mol. The third-order valence-corrected chi connectivity index (χ3v) is 5.09. The molecule has 1 saturated heterocycles. The van der Waals surface area contributed by atoms with E-state index in [1.165, 1.54) is 41.9 Å². The molecule has 0 aliphatic carbocycles. The summed E-state index contributed by atoms with van der Waals surface area (Å²) >= 11 is 1.73. The molecule has 2 nitrogen and oxygen atoms in total. The molecule has 0 saturated carbocycles. The molecule has 0 spiro atoms. The number of rotatable bonds is 3. The number of thiazole rings is 1. The van der Waals surface area contributed by atoms with E-state index in [0.29, 0.717) is 0 Å². The van der Waals surface area contributed by atoms with Crippen LogP contribution < -0.4 is 4.90 Å². The van der Waals surface area contributed by atoms with Crippen molar-refractivity contribution in [3.05, 3.63) is 59.1 Å². The minimum atomic E-state index is 1.06. The molecule has 4 rings (SSSR count). The zero-order valence-corrected chi connectivity index (χ0v) is 13.2. The molecule has 2 heterocycles. The molecule has 110 valence electrons. The van der Waals surface area contributed by atoms with Crippen LogP contribution in [0.4, 0.5) is 5.69 Å². The summed E-state index contributed by atoms with van der Waals surface area (Å²) < 4.78 is 1.24.